The van der Waals surface area contributed by atoms with Crippen LogP contribution in [0.4, 0.5) is 0 Å². The number of ether oxygens (including phenoxy) is 2. The number of carbonyl (C=O) groups is 2. The van der Waals surface area contributed by atoms with E-state index in [1.165, 1.54) is 0 Å². The first-order valence-electron chi connectivity index (χ1n) is 7.00. The van der Waals surface area contributed by atoms with E-state index in [0.29, 0.717) is 6.42 Å². The molecule has 0 saturated heterocycles. The number of halogens is 4. The summed E-state index contributed by atoms with van der Waals surface area (Å²) in [5.74, 6) is -1.63. The molecule has 128 valence electrons. The highest BCUT2D eigenvalue weighted by Crippen LogP contribution is 2.42. The van der Waals surface area contributed by atoms with Crippen LogP contribution in [0.5, 0.6) is 0 Å². The van der Waals surface area contributed by atoms with Gasteiger partial charge in [0.1, 0.15) is 0 Å². The van der Waals surface area contributed by atoms with E-state index in [9.17, 15) is 9.59 Å². The molecule has 0 aliphatic rings. The molecule has 0 amide bonds. The maximum Gasteiger partial charge on any atom is 0.340 e. The number of carbonyl (C=O) groups excluding carboxylic acids is 2. The molecule has 1 aromatic carbocycles. The van der Waals surface area contributed by atoms with Gasteiger partial charge in [0.2, 0.25) is 0 Å². The van der Waals surface area contributed by atoms with E-state index in [4.69, 9.17) is 55.9 Å². The monoisotopic (exact) mass is 400 g/mol. The molecule has 0 aliphatic carbocycles. The molecule has 0 radical (unpaired) electrons. The van der Waals surface area contributed by atoms with Crippen molar-refractivity contribution in [2.75, 3.05) is 6.61 Å². The number of hydrogen-bond donors (Lipinski definition) is 0. The Kier molecular flexibility index (Phi) is 7.95. The number of benzene rings is 1. The summed E-state index contributed by atoms with van der Waals surface area (Å²) in [5, 5.41) is -0.645. The van der Waals surface area contributed by atoms with Gasteiger partial charge < -0.3 is 9.47 Å². The van der Waals surface area contributed by atoms with Crippen LogP contribution in [0.15, 0.2) is 0 Å². The minimum Gasteiger partial charge on any atom is -0.462 e. The van der Waals surface area contributed by atoms with Gasteiger partial charge in [0.15, 0.2) is 0 Å². The van der Waals surface area contributed by atoms with E-state index in [1.54, 1.807) is 13.8 Å². The molecule has 0 bridgehead atoms. The van der Waals surface area contributed by atoms with E-state index in [2.05, 4.69) is 0 Å². The summed E-state index contributed by atoms with van der Waals surface area (Å²) in [6, 6.07) is 0. The Bertz CT molecular complexity index is 616. The summed E-state index contributed by atoms with van der Waals surface area (Å²) in [6.07, 6.45) is 1.13. The maximum absolute atomic E-state index is 12.4. The van der Waals surface area contributed by atoms with Crippen LogP contribution < -0.4 is 0 Å². The van der Waals surface area contributed by atoms with Crippen molar-refractivity contribution in [1.82, 2.24) is 0 Å². The quantitative estimate of drug-likeness (QED) is 0.342. The molecule has 0 aromatic heterocycles. The van der Waals surface area contributed by atoms with Crippen molar-refractivity contribution in [2.45, 2.75) is 39.7 Å². The van der Waals surface area contributed by atoms with Crippen molar-refractivity contribution < 1.29 is 19.1 Å². The molecule has 0 aliphatic heterocycles. The second-order valence-corrected chi connectivity index (χ2v) is 6.24. The molecule has 0 saturated carbocycles. The van der Waals surface area contributed by atoms with Gasteiger partial charge in [0, 0.05) is 0 Å². The number of rotatable bonds is 6. The average molecular weight is 402 g/mol. The molecule has 1 atom stereocenters. The molecule has 1 rings (SSSR count). The molecular formula is C15H16Cl4O4. The highest BCUT2D eigenvalue weighted by Gasteiger charge is 2.31. The highest BCUT2D eigenvalue weighted by molar-refractivity contribution is 6.54. The van der Waals surface area contributed by atoms with Crippen molar-refractivity contribution >= 4 is 58.3 Å². The molecule has 1 aromatic rings. The molecule has 1 unspecified atom stereocenters. The van der Waals surface area contributed by atoms with Crippen molar-refractivity contribution in [3.8, 4) is 0 Å². The topological polar surface area (TPSA) is 52.6 Å². The van der Waals surface area contributed by atoms with Crippen LogP contribution in [0, 0.1) is 0 Å². The molecule has 4 nitrogen and oxygen atoms in total. The maximum atomic E-state index is 12.4. The SMILES string of the molecule is CCCC(C)OC(=O)c1c(Cl)c(Cl)c(Cl)c(Cl)c1C(=O)OCC. The molecule has 8 heteroatoms. The lowest BCUT2D eigenvalue weighted by Gasteiger charge is -2.17. The van der Waals surface area contributed by atoms with Crippen molar-refractivity contribution in [2.24, 2.45) is 0 Å². The van der Waals surface area contributed by atoms with E-state index in [1.807, 2.05) is 6.92 Å². The standard InChI is InChI=1S/C15H16Cl4O4/c1-4-6-7(3)23-15(21)9-8(14(20)22-5-2)10(16)12(18)13(19)11(9)17/h7H,4-6H2,1-3H3. The molecule has 23 heavy (non-hydrogen) atoms. The van der Waals surface area contributed by atoms with Crippen molar-refractivity contribution in [3.05, 3.63) is 31.2 Å². The lowest BCUT2D eigenvalue weighted by atomic mass is 10.1. The van der Waals surface area contributed by atoms with Gasteiger partial charge in [-0.2, -0.15) is 0 Å². The normalized spacial score (nSPS) is 12.0. The van der Waals surface area contributed by atoms with Gasteiger partial charge in [0.05, 0.1) is 43.9 Å². The predicted octanol–water partition coefficient (Wildman–Crippen LogP) is 5.82. The third-order valence-electron chi connectivity index (χ3n) is 2.95. The Labute approximate surface area is 154 Å². The zero-order chi connectivity index (χ0) is 17.7. The van der Waals surface area contributed by atoms with Gasteiger partial charge >= 0.3 is 11.9 Å². The first-order chi connectivity index (χ1) is 10.8. The largest absolute Gasteiger partial charge is 0.462 e. The highest BCUT2D eigenvalue weighted by atomic mass is 35.5. The minimum absolute atomic E-state index is 0.0910. The van der Waals surface area contributed by atoms with Crippen LogP contribution in [0.3, 0.4) is 0 Å². The molecule has 0 fully saturated rings. The summed E-state index contributed by atoms with van der Waals surface area (Å²) in [4.78, 5) is 24.6. The van der Waals surface area contributed by atoms with Crippen LogP contribution in [0.25, 0.3) is 0 Å². The second-order valence-electron chi connectivity index (χ2n) is 4.73. The lowest BCUT2D eigenvalue weighted by Crippen LogP contribution is -2.20. The summed E-state index contributed by atoms with van der Waals surface area (Å²) in [7, 11) is 0. The summed E-state index contributed by atoms with van der Waals surface area (Å²) in [6.45, 7) is 5.40. The Morgan fingerprint density at radius 2 is 1.39 bits per heavy atom. The fourth-order valence-corrected chi connectivity index (χ4v) is 2.93. The molecule has 0 heterocycles. The van der Waals surface area contributed by atoms with Gasteiger partial charge in [0.25, 0.3) is 0 Å². The Morgan fingerprint density at radius 3 is 1.83 bits per heavy atom. The van der Waals surface area contributed by atoms with E-state index >= 15 is 0 Å². The Hall–Kier alpha value is -0.680. The Balaban J connectivity index is 3.44. The van der Waals surface area contributed by atoms with Crippen molar-refractivity contribution in [1.29, 1.82) is 0 Å². The zero-order valence-electron chi connectivity index (χ0n) is 12.8. The molecule has 0 N–H and O–H groups in total. The van der Waals surface area contributed by atoms with E-state index < -0.39 is 11.9 Å². The van der Waals surface area contributed by atoms with Gasteiger partial charge in [-0.3, -0.25) is 0 Å². The first-order valence-corrected chi connectivity index (χ1v) is 8.51. The number of esters is 2. The third kappa shape index (κ3) is 4.66. The van der Waals surface area contributed by atoms with Gasteiger partial charge in [-0.25, -0.2) is 9.59 Å². The summed E-state index contributed by atoms with van der Waals surface area (Å²) in [5.41, 5.74) is -0.492. The van der Waals surface area contributed by atoms with Crippen LogP contribution >= 0.6 is 46.4 Å². The van der Waals surface area contributed by atoms with E-state index in [-0.39, 0.29) is 43.9 Å². The van der Waals surface area contributed by atoms with Crippen molar-refractivity contribution in [3.63, 3.8) is 0 Å². The second kappa shape index (κ2) is 8.97. The molecular weight excluding hydrogens is 386 g/mol. The minimum atomic E-state index is -0.826. The first kappa shape index (κ1) is 20.4. The summed E-state index contributed by atoms with van der Waals surface area (Å²) < 4.78 is 10.2. The van der Waals surface area contributed by atoms with Crippen LogP contribution in [0.2, 0.25) is 20.1 Å². The number of hydrogen-bond acceptors (Lipinski definition) is 4. The van der Waals surface area contributed by atoms with Gasteiger partial charge in [-0.15, -0.1) is 0 Å². The smallest absolute Gasteiger partial charge is 0.340 e. The zero-order valence-corrected chi connectivity index (χ0v) is 15.9. The van der Waals surface area contributed by atoms with Crippen LogP contribution in [-0.4, -0.2) is 24.6 Å². The fourth-order valence-electron chi connectivity index (χ4n) is 1.93. The van der Waals surface area contributed by atoms with Crippen LogP contribution in [-0.2, 0) is 9.47 Å². The van der Waals surface area contributed by atoms with Gasteiger partial charge in [-0.05, 0) is 20.3 Å². The summed E-state index contributed by atoms with van der Waals surface area (Å²) >= 11 is 24.1. The van der Waals surface area contributed by atoms with E-state index in [0.717, 1.165) is 6.42 Å². The third-order valence-corrected chi connectivity index (χ3v) is 4.76. The fraction of sp³-hybridized carbons (Fsp3) is 0.467. The Morgan fingerprint density at radius 1 is 0.913 bits per heavy atom. The lowest BCUT2D eigenvalue weighted by molar-refractivity contribution is 0.0313. The molecule has 0 spiro atoms. The van der Waals surface area contributed by atoms with Crippen LogP contribution in [0.1, 0.15) is 54.3 Å². The average Bonchev–Trinajstić information content (AvgIpc) is 2.48. The van der Waals surface area contributed by atoms with Gasteiger partial charge in [-0.1, -0.05) is 59.7 Å². The predicted molar refractivity (Wildman–Crippen MR) is 92.2 cm³/mol.